The van der Waals surface area contributed by atoms with Gasteiger partial charge in [-0.3, -0.25) is 0 Å². The third-order valence-corrected chi connectivity index (χ3v) is 6.44. The zero-order valence-electron chi connectivity index (χ0n) is 13.5. The van der Waals surface area contributed by atoms with Crippen LogP contribution in [0.5, 0.6) is 0 Å². The SMILES string of the molecule is Cc1ccc(S(=O)(=O)/N=c2\sc3c(C)cc(C)cc3n2C)cc1. The predicted octanol–water partition coefficient (Wildman–Crippen LogP) is 3.45. The number of fused-ring (bicyclic) bond motifs is 1. The van der Waals surface area contributed by atoms with Crippen molar-refractivity contribution in [2.45, 2.75) is 25.7 Å². The van der Waals surface area contributed by atoms with Gasteiger partial charge in [0.25, 0.3) is 10.0 Å². The lowest BCUT2D eigenvalue weighted by atomic mass is 10.1. The molecule has 0 spiro atoms. The molecule has 120 valence electrons. The zero-order valence-corrected chi connectivity index (χ0v) is 15.1. The maximum Gasteiger partial charge on any atom is 0.285 e. The number of aryl methyl sites for hydroxylation is 4. The second-order valence-electron chi connectivity index (χ2n) is 5.75. The Morgan fingerprint density at radius 2 is 1.65 bits per heavy atom. The Morgan fingerprint density at radius 1 is 1.00 bits per heavy atom. The monoisotopic (exact) mass is 346 g/mol. The largest absolute Gasteiger partial charge is 0.319 e. The summed E-state index contributed by atoms with van der Waals surface area (Å²) in [4.78, 5) is 0.697. The van der Waals surface area contributed by atoms with E-state index in [1.165, 1.54) is 11.3 Å². The van der Waals surface area contributed by atoms with Crippen molar-refractivity contribution in [3.8, 4) is 0 Å². The van der Waals surface area contributed by atoms with Gasteiger partial charge in [0.05, 0.1) is 15.1 Å². The molecule has 3 rings (SSSR count). The van der Waals surface area contributed by atoms with Crippen LogP contribution in [0.1, 0.15) is 16.7 Å². The summed E-state index contributed by atoms with van der Waals surface area (Å²) in [6.45, 7) is 5.98. The van der Waals surface area contributed by atoms with E-state index >= 15 is 0 Å². The predicted molar refractivity (Wildman–Crippen MR) is 94.2 cm³/mol. The molecule has 1 aromatic heterocycles. The number of aromatic nitrogens is 1. The minimum atomic E-state index is -3.71. The van der Waals surface area contributed by atoms with E-state index in [2.05, 4.69) is 16.5 Å². The first-order valence-corrected chi connectivity index (χ1v) is 9.48. The van der Waals surface area contributed by atoms with Crippen molar-refractivity contribution in [2.24, 2.45) is 11.4 Å². The van der Waals surface area contributed by atoms with Crippen LogP contribution in [0, 0.1) is 20.8 Å². The summed E-state index contributed by atoms with van der Waals surface area (Å²) in [7, 11) is -1.86. The Balaban J connectivity index is 2.23. The van der Waals surface area contributed by atoms with Crippen molar-refractivity contribution in [1.82, 2.24) is 4.57 Å². The highest BCUT2D eigenvalue weighted by Crippen LogP contribution is 2.23. The third kappa shape index (κ3) is 2.96. The van der Waals surface area contributed by atoms with Gasteiger partial charge in [-0.2, -0.15) is 8.42 Å². The summed E-state index contributed by atoms with van der Waals surface area (Å²) in [5.41, 5.74) is 4.30. The topological polar surface area (TPSA) is 51.4 Å². The number of benzene rings is 2. The normalized spacial score (nSPS) is 13.0. The van der Waals surface area contributed by atoms with Gasteiger partial charge in [0.1, 0.15) is 0 Å². The summed E-state index contributed by atoms with van der Waals surface area (Å²) >= 11 is 1.40. The molecule has 2 aromatic carbocycles. The molecule has 0 saturated heterocycles. The molecule has 0 saturated carbocycles. The zero-order chi connectivity index (χ0) is 16.8. The van der Waals surface area contributed by atoms with Gasteiger partial charge in [0.15, 0.2) is 0 Å². The molecule has 0 unspecified atom stereocenters. The standard InChI is InChI=1S/C17H18N2O2S2/c1-11-5-7-14(8-6-11)23(20,21)18-17-19(4)15-10-12(2)9-13(3)16(15)22-17/h5-10H,1-4H3/b18-17-. The van der Waals surface area contributed by atoms with Gasteiger partial charge < -0.3 is 4.57 Å². The Kier molecular flexibility index (Phi) is 3.90. The number of thiazole rings is 1. The van der Waals surface area contributed by atoms with E-state index in [1.54, 1.807) is 24.3 Å². The molecule has 3 aromatic rings. The van der Waals surface area contributed by atoms with Crippen LogP contribution in [-0.4, -0.2) is 13.0 Å². The molecule has 0 aliphatic rings. The molecule has 0 fully saturated rings. The number of nitrogens with zero attached hydrogens (tertiary/aromatic N) is 2. The van der Waals surface area contributed by atoms with Crippen molar-refractivity contribution < 1.29 is 8.42 Å². The number of hydrogen-bond donors (Lipinski definition) is 0. The van der Waals surface area contributed by atoms with Crippen LogP contribution in [0.3, 0.4) is 0 Å². The minimum absolute atomic E-state index is 0.216. The summed E-state index contributed by atoms with van der Waals surface area (Å²) < 4.78 is 32.0. The molecular weight excluding hydrogens is 328 g/mol. The van der Waals surface area contributed by atoms with E-state index in [4.69, 9.17) is 0 Å². The first-order valence-electron chi connectivity index (χ1n) is 7.22. The van der Waals surface area contributed by atoms with Crippen LogP contribution < -0.4 is 4.80 Å². The lowest BCUT2D eigenvalue weighted by Gasteiger charge is -2.01. The molecule has 0 amide bonds. The summed E-state index contributed by atoms with van der Waals surface area (Å²) in [6.07, 6.45) is 0. The van der Waals surface area contributed by atoms with Crippen LogP contribution in [0.4, 0.5) is 0 Å². The fraction of sp³-hybridized carbons (Fsp3) is 0.235. The second-order valence-corrected chi connectivity index (χ2v) is 8.33. The fourth-order valence-electron chi connectivity index (χ4n) is 2.52. The lowest BCUT2D eigenvalue weighted by molar-refractivity contribution is 0.596. The van der Waals surface area contributed by atoms with E-state index in [0.717, 1.165) is 26.9 Å². The van der Waals surface area contributed by atoms with Crippen LogP contribution in [-0.2, 0) is 17.1 Å². The molecule has 1 heterocycles. The van der Waals surface area contributed by atoms with Crippen molar-refractivity contribution in [2.75, 3.05) is 0 Å². The van der Waals surface area contributed by atoms with E-state index in [1.807, 2.05) is 32.4 Å². The van der Waals surface area contributed by atoms with Crippen LogP contribution in [0.15, 0.2) is 45.7 Å². The molecule has 0 N–H and O–H groups in total. The fourth-order valence-corrected chi connectivity index (χ4v) is 4.82. The maximum atomic E-state index is 12.5. The van der Waals surface area contributed by atoms with Crippen molar-refractivity contribution in [3.63, 3.8) is 0 Å². The average molecular weight is 346 g/mol. The van der Waals surface area contributed by atoms with E-state index in [0.29, 0.717) is 4.80 Å². The molecule has 4 nitrogen and oxygen atoms in total. The van der Waals surface area contributed by atoms with E-state index in [9.17, 15) is 8.42 Å². The second kappa shape index (κ2) is 5.62. The number of hydrogen-bond acceptors (Lipinski definition) is 3. The third-order valence-electron chi connectivity index (χ3n) is 3.76. The van der Waals surface area contributed by atoms with Gasteiger partial charge in [-0.1, -0.05) is 35.1 Å². The Labute approximate surface area is 139 Å². The van der Waals surface area contributed by atoms with Gasteiger partial charge in [-0.05, 0) is 50.1 Å². The number of sulfonamides is 1. The summed E-state index contributed by atoms with van der Waals surface area (Å²) in [6, 6.07) is 10.9. The lowest BCUT2D eigenvalue weighted by Crippen LogP contribution is -2.13. The van der Waals surface area contributed by atoms with Crippen molar-refractivity contribution >= 4 is 31.6 Å². The highest BCUT2D eigenvalue weighted by atomic mass is 32.2. The molecule has 0 atom stereocenters. The van der Waals surface area contributed by atoms with E-state index < -0.39 is 10.0 Å². The Bertz CT molecular complexity index is 1060. The van der Waals surface area contributed by atoms with Crippen molar-refractivity contribution in [3.05, 3.63) is 57.9 Å². The Hall–Kier alpha value is -1.92. The molecule has 0 aliphatic carbocycles. The first-order chi connectivity index (χ1) is 10.8. The molecule has 0 radical (unpaired) electrons. The minimum Gasteiger partial charge on any atom is -0.319 e. The van der Waals surface area contributed by atoms with Gasteiger partial charge in [-0.25, -0.2) is 0 Å². The smallest absolute Gasteiger partial charge is 0.285 e. The molecule has 6 heteroatoms. The van der Waals surface area contributed by atoms with Crippen molar-refractivity contribution in [1.29, 1.82) is 0 Å². The van der Waals surface area contributed by atoms with Crippen LogP contribution >= 0.6 is 11.3 Å². The maximum absolute atomic E-state index is 12.5. The highest BCUT2D eigenvalue weighted by Gasteiger charge is 2.14. The average Bonchev–Trinajstić information content (AvgIpc) is 2.77. The molecule has 0 aliphatic heterocycles. The highest BCUT2D eigenvalue weighted by molar-refractivity contribution is 7.90. The summed E-state index contributed by atoms with van der Waals surface area (Å²) in [5, 5.41) is 0. The molecular formula is C17H18N2O2S2. The van der Waals surface area contributed by atoms with Crippen LogP contribution in [0.25, 0.3) is 10.2 Å². The van der Waals surface area contributed by atoms with Gasteiger partial charge in [0, 0.05) is 7.05 Å². The van der Waals surface area contributed by atoms with Gasteiger partial charge in [-0.15, -0.1) is 4.40 Å². The van der Waals surface area contributed by atoms with E-state index in [-0.39, 0.29) is 4.90 Å². The first kappa shape index (κ1) is 16.0. The van der Waals surface area contributed by atoms with Gasteiger partial charge in [0.2, 0.25) is 4.80 Å². The summed E-state index contributed by atoms with van der Waals surface area (Å²) in [5.74, 6) is 0. The van der Waals surface area contributed by atoms with Crippen LogP contribution in [0.2, 0.25) is 0 Å². The number of rotatable bonds is 2. The quantitative estimate of drug-likeness (QED) is 0.713. The Morgan fingerprint density at radius 3 is 2.30 bits per heavy atom. The molecule has 23 heavy (non-hydrogen) atoms. The van der Waals surface area contributed by atoms with Gasteiger partial charge >= 0.3 is 0 Å². The molecule has 0 bridgehead atoms.